The van der Waals surface area contributed by atoms with Crippen LogP contribution in [-0.2, 0) is 21.4 Å². The molecule has 162 valence electrons. The van der Waals surface area contributed by atoms with Crippen molar-refractivity contribution >= 4 is 33.2 Å². The Hall–Kier alpha value is -2.16. The van der Waals surface area contributed by atoms with Crippen molar-refractivity contribution in [3.63, 3.8) is 0 Å². The molecule has 0 spiro atoms. The molecule has 0 unspecified atom stereocenters. The summed E-state index contributed by atoms with van der Waals surface area (Å²) in [6.07, 6.45) is 1.07. The summed E-state index contributed by atoms with van der Waals surface area (Å²) in [4.78, 5) is 16.6. The second kappa shape index (κ2) is 9.32. The van der Waals surface area contributed by atoms with E-state index < -0.39 is 15.8 Å². The summed E-state index contributed by atoms with van der Waals surface area (Å²) in [5, 5.41) is 0.665. The van der Waals surface area contributed by atoms with Crippen molar-refractivity contribution in [1.82, 2.24) is 9.21 Å². The molecule has 1 heterocycles. The standard InChI is InChI=1S/C21H25ClFN3O3S/c1-16-3-6-18(22)13-20(16)24-9-11-25(12-10-24)21(27)15-26(30(2,28)29)14-17-4-7-19(23)8-5-17/h3-8,13H,9-12,14-15H2,1-2H3. The average Bonchev–Trinajstić information content (AvgIpc) is 2.70. The molecule has 2 aromatic carbocycles. The lowest BCUT2D eigenvalue weighted by Gasteiger charge is -2.37. The molecule has 2 aromatic rings. The molecule has 1 amide bonds. The minimum absolute atomic E-state index is 0.0204. The van der Waals surface area contributed by atoms with Gasteiger partial charge in [-0.3, -0.25) is 4.79 Å². The summed E-state index contributed by atoms with van der Waals surface area (Å²) in [5.74, 6) is -0.640. The molecule has 0 radical (unpaired) electrons. The van der Waals surface area contributed by atoms with Crippen LogP contribution in [0.4, 0.5) is 10.1 Å². The van der Waals surface area contributed by atoms with E-state index in [1.165, 1.54) is 24.3 Å². The van der Waals surface area contributed by atoms with E-state index in [4.69, 9.17) is 11.6 Å². The van der Waals surface area contributed by atoms with E-state index in [-0.39, 0.29) is 19.0 Å². The highest BCUT2D eigenvalue weighted by Crippen LogP contribution is 2.25. The zero-order valence-corrected chi connectivity index (χ0v) is 18.6. The lowest BCUT2D eigenvalue weighted by molar-refractivity contribution is -0.131. The number of piperazine rings is 1. The zero-order valence-electron chi connectivity index (χ0n) is 17.0. The molecular weight excluding hydrogens is 429 g/mol. The highest BCUT2D eigenvalue weighted by Gasteiger charge is 2.27. The van der Waals surface area contributed by atoms with Gasteiger partial charge in [-0.2, -0.15) is 4.31 Å². The quantitative estimate of drug-likeness (QED) is 0.674. The third kappa shape index (κ3) is 5.71. The third-order valence-electron chi connectivity index (χ3n) is 5.20. The lowest BCUT2D eigenvalue weighted by atomic mass is 10.1. The maximum absolute atomic E-state index is 13.1. The van der Waals surface area contributed by atoms with Crippen molar-refractivity contribution in [1.29, 1.82) is 0 Å². The second-order valence-electron chi connectivity index (χ2n) is 7.46. The summed E-state index contributed by atoms with van der Waals surface area (Å²) in [6.45, 7) is 4.08. The van der Waals surface area contributed by atoms with Gasteiger partial charge < -0.3 is 9.80 Å². The fourth-order valence-corrected chi connectivity index (χ4v) is 4.35. The summed E-state index contributed by atoms with van der Waals surface area (Å²) < 4.78 is 38.6. The van der Waals surface area contributed by atoms with Crippen LogP contribution >= 0.6 is 11.6 Å². The van der Waals surface area contributed by atoms with E-state index in [2.05, 4.69) is 4.90 Å². The second-order valence-corrected chi connectivity index (χ2v) is 9.88. The van der Waals surface area contributed by atoms with Crippen molar-refractivity contribution in [3.8, 4) is 0 Å². The number of amides is 1. The smallest absolute Gasteiger partial charge is 0.238 e. The monoisotopic (exact) mass is 453 g/mol. The Kier molecular flexibility index (Phi) is 7.00. The van der Waals surface area contributed by atoms with Crippen LogP contribution in [0.1, 0.15) is 11.1 Å². The summed E-state index contributed by atoms with van der Waals surface area (Å²) in [5.41, 5.74) is 2.78. The van der Waals surface area contributed by atoms with Gasteiger partial charge in [-0.05, 0) is 42.3 Å². The zero-order chi connectivity index (χ0) is 21.9. The van der Waals surface area contributed by atoms with Gasteiger partial charge in [0.05, 0.1) is 12.8 Å². The number of sulfonamides is 1. The molecule has 1 fully saturated rings. The maximum Gasteiger partial charge on any atom is 0.238 e. The molecule has 0 aromatic heterocycles. The van der Waals surface area contributed by atoms with Gasteiger partial charge in [0.25, 0.3) is 0 Å². The van der Waals surface area contributed by atoms with Crippen molar-refractivity contribution in [2.75, 3.05) is 43.9 Å². The Morgan fingerprint density at radius 3 is 2.33 bits per heavy atom. The van der Waals surface area contributed by atoms with E-state index >= 15 is 0 Å². The first-order valence-electron chi connectivity index (χ1n) is 9.62. The van der Waals surface area contributed by atoms with Gasteiger partial charge in [0.15, 0.2) is 0 Å². The molecule has 0 N–H and O–H groups in total. The first kappa shape index (κ1) is 22.5. The molecule has 3 rings (SSSR count). The van der Waals surface area contributed by atoms with E-state index in [9.17, 15) is 17.6 Å². The van der Waals surface area contributed by atoms with E-state index in [1.807, 2.05) is 25.1 Å². The number of halogens is 2. The van der Waals surface area contributed by atoms with Gasteiger partial charge in [0.2, 0.25) is 15.9 Å². The van der Waals surface area contributed by atoms with Crippen LogP contribution in [0.3, 0.4) is 0 Å². The highest BCUT2D eigenvalue weighted by atomic mass is 35.5. The molecule has 0 atom stereocenters. The molecule has 1 aliphatic rings. The van der Waals surface area contributed by atoms with Gasteiger partial charge in [-0.15, -0.1) is 0 Å². The van der Waals surface area contributed by atoms with Gasteiger partial charge in [-0.1, -0.05) is 29.8 Å². The fourth-order valence-electron chi connectivity index (χ4n) is 3.45. The summed E-state index contributed by atoms with van der Waals surface area (Å²) >= 11 is 6.12. The van der Waals surface area contributed by atoms with Crippen LogP contribution in [0.15, 0.2) is 42.5 Å². The number of carbonyl (C=O) groups excluding carboxylic acids is 1. The van der Waals surface area contributed by atoms with Crippen LogP contribution in [-0.4, -0.2) is 62.5 Å². The molecule has 0 bridgehead atoms. The molecule has 30 heavy (non-hydrogen) atoms. The molecule has 1 aliphatic heterocycles. The summed E-state index contributed by atoms with van der Waals surface area (Å²) in [6, 6.07) is 11.3. The van der Waals surface area contributed by atoms with Crippen LogP contribution in [0, 0.1) is 12.7 Å². The van der Waals surface area contributed by atoms with Crippen LogP contribution in [0.25, 0.3) is 0 Å². The van der Waals surface area contributed by atoms with E-state index in [0.29, 0.717) is 36.8 Å². The molecule has 0 aliphatic carbocycles. The maximum atomic E-state index is 13.1. The number of nitrogens with zero attached hydrogens (tertiary/aromatic N) is 3. The Labute approximate surface area is 181 Å². The molecular formula is C21H25ClFN3O3S. The minimum Gasteiger partial charge on any atom is -0.368 e. The Morgan fingerprint density at radius 2 is 1.73 bits per heavy atom. The third-order valence-corrected chi connectivity index (χ3v) is 6.63. The summed E-state index contributed by atoms with van der Waals surface area (Å²) in [7, 11) is -3.60. The Bertz CT molecular complexity index is 1010. The van der Waals surface area contributed by atoms with Crippen molar-refractivity contribution in [2.24, 2.45) is 0 Å². The number of hydrogen-bond acceptors (Lipinski definition) is 4. The van der Waals surface area contributed by atoms with Crippen LogP contribution in [0.5, 0.6) is 0 Å². The van der Waals surface area contributed by atoms with Gasteiger partial charge in [0.1, 0.15) is 5.82 Å². The number of anilines is 1. The van der Waals surface area contributed by atoms with Gasteiger partial charge in [-0.25, -0.2) is 12.8 Å². The Morgan fingerprint density at radius 1 is 1.10 bits per heavy atom. The molecule has 6 nitrogen and oxygen atoms in total. The predicted molar refractivity (Wildman–Crippen MR) is 117 cm³/mol. The number of carbonyl (C=O) groups is 1. The normalized spacial score (nSPS) is 15.0. The number of rotatable bonds is 6. The minimum atomic E-state index is -3.60. The number of benzene rings is 2. The number of hydrogen-bond donors (Lipinski definition) is 0. The number of aryl methyl sites for hydroxylation is 1. The highest BCUT2D eigenvalue weighted by molar-refractivity contribution is 7.88. The van der Waals surface area contributed by atoms with Gasteiger partial charge >= 0.3 is 0 Å². The average molecular weight is 454 g/mol. The van der Waals surface area contributed by atoms with Crippen LogP contribution in [0.2, 0.25) is 5.02 Å². The fraction of sp³-hybridized carbons (Fsp3) is 0.381. The predicted octanol–water partition coefficient (Wildman–Crippen LogP) is 2.90. The molecule has 1 saturated heterocycles. The van der Waals surface area contributed by atoms with Crippen molar-refractivity contribution in [3.05, 3.63) is 64.4 Å². The molecule has 9 heteroatoms. The van der Waals surface area contributed by atoms with Crippen molar-refractivity contribution < 1.29 is 17.6 Å². The van der Waals surface area contributed by atoms with Gasteiger partial charge in [0, 0.05) is 43.4 Å². The molecule has 0 saturated carbocycles. The Balaban J connectivity index is 1.63. The SMILES string of the molecule is Cc1ccc(Cl)cc1N1CCN(C(=O)CN(Cc2ccc(F)cc2)S(C)(=O)=O)CC1. The first-order valence-corrected chi connectivity index (χ1v) is 11.8. The topological polar surface area (TPSA) is 60.9 Å². The van der Waals surface area contributed by atoms with E-state index in [1.54, 1.807) is 4.90 Å². The van der Waals surface area contributed by atoms with Crippen molar-refractivity contribution in [2.45, 2.75) is 13.5 Å². The largest absolute Gasteiger partial charge is 0.368 e. The van der Waals surface area contributed by atoms with E-state index in [0.717, 1.165) is 21.8 Å². The van der Waals surface area contributed by atoms with Crippen LogP contribution < -0.4 is 4.90 Å². The lowest BCUT2D eigenvalue weighted by Crippen LogP contribution is -2.51. The first-order chi connectivity index (χ1) is 14.1.